The van der Waals surface area contributed by atoms with E-state index in [1.54, 1.807) is 17.9 Å². The second-order valence-corrected chi connectivity index (χ2v) is 2.79. The van der Waals surface area contributed by atoms with Crippen LogP contribution in [0.15, 0.2) is 48.5 Å². The highest BCUT2D eigenvalue weighted by atomic mass is 16.1. The zero-order valence-electron chi connectivity index (χ0n) is 7.95. The normalized spacial score (nSPS) is 16.6. The number of ketones is 1. The maximum Gasteiger partial charge on any atom is 0.176 e. The van der Waals surface area contributed by atoms with Gasteiger partial charge in [0.2, 0.25) is 0 Å². The number of nitrogens with zero attached hydrogens (tertiary/aromatic N) is 1. The molecule has 0 amide bonds. The number of carbonyl (C=O) groups excluding carboxylic acids is 1. The van der Waals surface area contributed by atoms with E-state index < -0.39 is 0 Å². The third-order valence-corrected chi connectivity index (χ3v) is 1.84. The monoisotopic (exact) mass is 175 g/mol. The molecule has 0 radical (unpaired) electrons. The SMILES string of the molecule is C=C1C=CC=CN1/C(=C\C)C(C)=O. The van der Waals surface area contributed by atoms with Crippen molar-refractivity contribution in [2.45, 2.75) is 13.8 Å². The Bertz CT molecular complexity index is 321. The first-order valence-electron chi connectivity index (χ1n) is 4.17. The lowest BCUT2D eigenvalue weighted by Gasteiger charge is -2.23. The van der Waals surface area contributed by atoms with Gasteiger partial charge >= 0.3 is 0 Å². The van der Waals surface area contributed by atoms with Gasteiger partial charge in [-0.2, -0.15) is 0 Å². The summed E-state index contributed by atoms with van der Waals surface area (Å²) in [5.74, 6) is 0.0450. The molecule has 1 heterocycles. The average Bonchev–Trinajstić information content (AvgIpc) is 2.09. The van der Waals surface area contributed by atoms with Gasteiger partial charge in [-0.3, -0.25) is 4.79 Å². The van der Waals surface area contributed by atoms with E-state index in [1.165, 1.54) is 0 Å². The lowest BCUT2D eigenvalue weighted by atomic mass is 10.2. The third-order valence-electron chi connectivity index (χ3n) is 1.84. The number of allylic oxidation sites excluding steroid dienone is 5. The molecule has 1 rings (SSSR count). The van der Waals surface area contributed by atoms with E-state index in [0.29, 0.717) is 5.70 Å². The summed E-state index contributed by atoms with van der Waals surface area (Å²) in [6.07, 6.45) is 9.26. The molecule has 13 heavy (non-hydrogen) atoms. The summed E-state index contributed by atoms with van der Waals surface area (Å²) in [4.78, 5) is 13.0. The molecule has 0 spiro atoms. The van der Waals surface area contributed by atoms with E-state index >= 15 is 0 Å². The summed E-state index contributed by atoms with van der Waals surface area (Å²) in [5.41, 5.74) is 1.47. The molecular weight excluding hydrogens is 162 g/mol. The first-order valence-corrected chi connectivity index (χ1v) is 4.17. The van der Waals surface area contributed by atoms with Gasteiger partial charge in [0.25, 0.3) is 0 Å². The summed E-state index contributed by atoms with van der Waals surface area (Å²) in [6.45, 7) is 7.24. The molecule has 0 saturated heterocycles. The zero-order valence-corrected chi connectivity index (χ0v) is 7.95. The van der Waals surface area contributed by atoms with Crippen molar-refractivity contribution in [2.75, 3.05) is 0 Å². The van der Waals surface area contributed by atoms with Crippen molar-refractivity contribution in [2.24, 2.45) is 0 Å². The molecule has 0 aromatic heterocycles. The summed E-state index contributed by atoms with van der Waals surface area (Å²) >= 11 is 0. The van der Waals surface area contributed by atoms with Crippen LogP contribution in [0.5, 0.6) is 0 Å². The summed E-state index contributed by atoms with van der Waals surface area (Å²) in [6, 6.07) is 0. The topological polar surface area (TPSA) is 20.3 Å². The molecule has 2 heteroatoms. The number of carbonyl (C=O) groups is 1. The molecule has 0 saturated carbocycles. The van der Waals surface area contributed by atoms with Gasteiger partial charge in [-0.15, -0.1) is 0 Å². The van der Waals surface area contributed by atoms with Crippen LogP contribution in [-0.2, 0) is 4.79 Å². The van der Waals surface area contributed by atoms with Crippen molar-refractivity contribution in [1.29, 1.82) is 0 Å². The molecule has 0 aliphatic carbocycles. The van der Waals surface area contributed by atoms with E-state index in [2.05, 4.69) is 6.58 Å². The Labute approximate surface area is 78.5 Å². The minimum Gasteiger partial charge on any atom is -0.315 e. The Morgan fingerprint density at radius 1 is 1.54 bits per heavy atom. The second-order valence-electron chi connectivity index (χ2n) is 2.79. The van der Waals surface area contributed by atoms with Crippen LogP contribution in [0.25, 0.3) is 0 Å². The lowest BCUT2D eigenvalue weighted by Crippen LogP contribution is -2.20. The van der Waals surface area contributed by atoms with E-state index in [9.17, 15) is 4.79 Å². The van der Waals surface area contributed by atoms with Crippen LogP contribution in [0.3, 0.4) is 0 Å². The van der Waals surface area contributed by atoms with E-state index in [0.717, 1.165) is 5.70 Å². The van der Waals surface area contributed by atoms with Gasteiger partial charge < -0.3 is 4.90 Å². The van der Waals surface area contributed by atoms with Gasteiger partial charge in [0, 0.05) is 18.8 Å². The number of hydrogen-bond donors (Lipinski definition) is 0. The highest BCUT2D eigenvalue weighted by molar-refractivity contribution is 5.93. The predicted octanol–water partition coefficient (Wildman–Crippen LogP) is 2.38. The van der Waals surface area contributed by atoms with Crippen molar-refractivity contribution in [3.63, 3.8) is 0 Å². The van der Waals surface area contributed by atoms with Crippen LogP contribution in [0.4, 0.5) is 0 Å². The maximum absolute atomic E-state index is 11.2. The Morgan fingerprint density at radius 2 is 2.23 bits per heavy atom. The average molecular weight is 175 g/mol. The van der Waals surface area contributed by atoms with Crippen LogP contribution in [-0.4, -0.2) is 10.7 Å². The van der Waals surface area contributed by atoms with Crippen molar-refractivity contribution in [3.05, 3.63) is 48.5 Å². The Balaban J connectivity index is 2.94. The van der Waals surface area contributed by atoms with Gasteiger partial charge in [0.15, 0.2) is 5.78 Å². The first kappa shape index (κ1) is 9.52. The molecule has 0 fully saturated rings. The molecule has 0 bridgehead atoms. The minimum atomic E-state index is 0.0450. The van der Waals surface area contributed by atoms with E-state index in [-0.39, 0.29) is 5.78 Å². The molecule has 0 atom stereocenters. The van der Waals surface area contributed by atoms with Crippen LogP contribution >= 0.6 is 0 Å². The molecule has 0 N–H and O–H groups in total. The maximum atomic E-state index is 11.2. The summed E-state index contributed by atoms with van der Waals surface area (Å²) in [5, 5.41) is 0. The molecule has 0 aromatic rings. The minimum absolute atomic E-state index is 0.0450. The fourth-order valence-corrected chi connectivity index (χ4v) is 1.23. The van der Waals surface area contributed by atoms with E-state index in [4.69, 9.17) is 0 Å². The van der Waals surface area contributed by atoms with Gasteiger partial charge in [-0.25, -0.2) is 0 Å². The van der Waals surface area contributed by atoms with Gasteiger partial charge in [0.05, 0.1) is 5.70 Å². The quantitative estimate of drug-likeness (QED) is 0.600. The van der Waals surface area contributed by atoms with Crippen LogP contribution < -0.4 is 0 Å². The predicted molar refractivity (Wildman–Crippen MR) is 53.7 cm³/mol. The van der Waals surface area contributed by atoms with Gasteiger partial charge in [-0.1, -0.05) is 18.7 Å². The fourth-order valence-electron chi connectivity index (χ4n) is 1.23. The number of Topliss-reactive ketones (excluding diaryl/α,β-unsaturated/α-hetero) is 1. The van der Waals surface area contributed by atoms with Gasteiger partial charge in [-0.05, 0) is 19.1 Å². The standard InChI is InChI=1S/C11H13NO/c1-4-11(10(3)13)12-8-6-5-7-9(12)2/h4-8H,2H2,1,3H3/b11-4-. The third kappa shape index (κ3) is 1.96. The molecule has 2 nitrogen and oxygen atoms in total. The molecule has 68 valence electrons. The molecule has 0 unspecified atom stereocenters. The van der Waals surface area contributed by atoms with Crippen LogP contribution in [0, 0.1) is 0 Å². The fraction of sp³-hybridized carbons (Fsp3) is 0.182. The van der Waals surface area contributed by atoms with E-state index in [1.807, 2.05) is 31.4 Å². The second kappa shape index (κ2) is 3.90. The van der Waals surface area contributed by atoms with Crippen molar-refractivity contribution in [1.82, 2.24) is 4.90 Å². The first-order chi connectivity index (χ1) is 6.16. The Morgan fingerprint density at radius 3 is 2.69 bits per heavy atom. The molecule has 1 aliphatic heterocycles. The number of hydrogen-bond acceptors (Lipinski definition) is 2. The highest BCUT2D eigenvalue weighted by Gasteiger charge is 2.12. The summed E-state index contributed by atoms with van der Waals surface area (Å²) < 4.78 is 0. The summed E-state index contributed by atoms with van der Waals surface area (Å²) in [7, 11) is 0. The molecule has 0 aromatic carbocycles. The highest BCUT2D eigenvalue weighted by Crippen LogP contribution is 2.17. The van der Waals surface area contributed by atoms with Crippen LogP contribution in [0.2, 0.25) is 0 Å². The number of rotatable bonds is 2. The van der Waals surface area contributed by atoms with Crippen LogP contribution in [0.1, 0.15) is 13.8 Å². The van der Waals surface area contributed by atoms with Crippen molar-refractivity contribution < 1.29 is 4.79 Å². The molecular formula is C11H13NO. The Kier molecular flexibility index (Phi) is 2.85. The largest absolute Gasteiger partial charge is 0.315 e. The lowest BCUT2D eigenvalue weighted by molar-refractivity contribution is -0.114. The van der Waals surface area contributed by atoms with Crippen molar-refractivity contribution >= 4 is 5.78 Å². The smallest absolute Gasteiger partial charge is 0.176 e. The molecule has 1 aliphatic rings. The zero-order chi connectivity index (χ0) is 9.84. The van der Waals surface area contributed by atoms with Crippen molar-refractivity contribution in [3.8, 4) is 0 Å². The van der Waals surface area contributed by atoms with Gasteiger partial charge in [0.1, 0.15) is 0 Å². The Hall–Kier alpha value is -1.57.